The number of amides is 1. The number of hydrogen-bond acceptors (Lipinski definition) is 4. The topological polar surface area (TPSA) is 116 Å². The monoisotopic (exact) mass is 328 g/mol. The highest BCUT2D eigenvalue weighted by Crippen LogP contribution is 2.12. The van der Waals surface area contributed by atoms with Crippen LogP contribution in [-0.2, 0) is 9.53 Å². The summed E-state index contributed by atoms with van der Waals surface area (Å²) in [5.74, 6) is -0.765. The van der Waals surface area contributed by atoms with Gasteiger partial charge in [-0.05, 0) is 39.1 Å². The molecule has 0 atom stereocenters. The Morgan fingerprint density at radius 1 is 1.13 bits per heavy atom. The van der Waals surface area contributed by atoms with Crippen molar-refractivity contribution in [3.63, 3.8) is 0 Å². The summed E-state index contributed by atoms with van der Waals surface area (Å²) in [4.78, 5) is 26.7. The molecule has 0 aliphatic carbocycles. The van der Waals surface area contributed by atoms with Crippen molar-refractivity contribution in [3.05, 3.63) is 10.4 Å². The standard InChI is InChI=1S/C15H28N4O4/c1-15(2,3)23-14(22)19(12-10-17-18-16)11-8-6-4-5-7-9-13(20)21/h4-12H2,1-3H3,(H,20,21). The lowest BCUT2D eigenvalue weighted by Gasteiger charge is -2.27. The number of carboxylic acid groups (broad SMARTS) is 1. The van der Waals surface area contributed by atoms with Gasteiger partial charge in [-0.15, -0.1) is 0 Å². The van der Waals surface area contributed by atoms with Crippen LogP contribution in [0.15, 0.2) is 5.11 Å². The van der Waals surface area contributed by atoms with Gasteiger partial charge in [0.2, 0.25) is 0 Å². The molecule has 0 aliphatic heterocycles. The molecule has 132 valence electrons. The molecule has 0 spiro atoms. The minimum absolute atomic E-state index is 0.205. The lowest BCUT2D eigenvalue weighted by molar-refractivity contribution is -0.137. The van der Waals surface area contributed by atoms with E-state index in [1.165, 1.54) is 0 Å². The molecule has 1 amide bonds. The number of carbonyl (C=O) groups excluding carboxylic acids is 1. The molecule has 8 nitrogen and oxygen atoms in total. The van der Waals surface area contributed by atoms with Crippen LogP contribution < -0.4 is 0 Å². The van der Waals surface area contributed by atoms with E-state index in [0.717, 1.165) is 25.7 Å². The summed E-state index contributed by atoms with van der Waals surface area (Å²) in [5, 5.41) is 12.0. The number of azide groups is 1. The summed E-state index contributed by atoms with van der Waals surface area (Å²) < 4.78 is 5.34. The van der Waals surface area contributed by atoms with Crippen molar-refractivity contribution < 1.29 is 19.4 Å². The van der Waals surface area contributed by atoms with Crippen molar-refractivity contribution in [1.29, 1.82) is 0 Å². The molecular formula is C15H28N4O4. The van der Waals surface area contributed by atoms with Crippen molar-refractivity contribution in [2.45, 2.75) is 64.9 Å². The number of nitrogens with zero attached hydrogens (tertiary/aromatic N) is 4. The van der Waals surface area contributed by atoms with E-state index in [4.69, 9.17) is 15.4 Å². The van der Waals surface area contributed by atoms with Gasteiger partial charge in [0, 0.05) is 31.0 Å². The number of unbranched alkanes of at least 4 members (excludes halogenated alkanes) is 4. The predicted molar refractivity (Wildman–Crippen MR) is 87.2 cm³/mol. The molecule has 0 aliphatic rings. The van der Waals surface area contributed by atoms with Crippen molar-refractivity contribution in [1.82, 2.24) is 4.90 Å². The Bertz CT molecular complexity index is 414. The Kier molecular flexibility index (Phi) is 10.6. The van der Waals surface area contributed by atoms with E-state index in [1.807, 2.05) is 0 Å². The van der Waals surface area contributed by atoms with E-state index in [9.17, 15) is 9.59 Å². The van der Waals surface area contributed by atoms with Gasteiger partial charge in [-0.25, -0.2) is 4.79 Å². The zero-order valence-electron chi connectivity index (χ0n) is 14.3. The van der Waals surface area contributed by atoms with E-state index < -0.39 is 17.7 Å². The number of carboxylic acids is 1. The van der Waals surface area contributed by atoms with Crippen LogP contribution in [0.2, 0.25) is 0 Å². The molecule has 0 fully saturated rings. The van der Waals surface area contributed by atoms with Crippen LogP contribution in [-0.4, -0.2) is 47.3 Å². The summed E-state index contributed by atoms with van der Waals surface area (Å²) in [5.41, 5.74) is 7.76. The van der Waals surface area contributed by atoms with E-state index in [2.05, 4.69) is 10.0 Å². The third kappa shape index (κ3) is 13.4. The molecule has 0 unspecified atom stereocenters. The fraction of sp³-hybridized carbons (Fsp3) is 0.867. The molecule has 0 radical (unpaired) electrons. The first-order valence-electron chi connectivity index (χ1n) is 7.97. The lowest BCUT2D eigenvalue weighted by atomic mass is 10.1. The van der Waals surface area contributed by atoms with Gasteiger partial charge in [0.15, 0.2) is 0 Å². The fourth-order valence-corrected chi connectivity index (χ4v) is 1.94. The highest BCUT2D eigenvalue weighted by atomic mass is 16.6. The largest absolute Gasteiger partial charge is 0.481 e. The van der Waals surface area contributed by atoms with Crippen LogP contribution in [0.25, 0.3) is 10.4 Å². The zero-order chi connectivity index (χ0) is 17.7. The van der Waals surface area contributed by atoms with Gasteiger partial charge >= 0.3 is 12.1 Å². The normalized spacial score (nSPS) is 10.7. The molecule has 0 aromatic rings. The Labute approximate surface area is 137 Å². The highest BCUT2D eigenvalue weighted by molar-refractivity contribution is 5.68. The maximum Gasteiger partial charge on any atom is 0.410 e. The molecule has 0 aromatic heterocycles. The number of hydrogen-bond donors (Lipinski definition) is 1. The number of carbonyl (C=O) groups is 2. The zero-order valence-corrected chi connectivity index (χ0v) is 14.3. The number of ether oxygens (including phenoxy) is 1. The summed E-state index contributed by atoms with van der Waals surface area (Å²) in [7, 11) is 0. The second-order valence-corrected chi connectivity index (χ2v) is 6.33. The van der Waals surface area contributed by atoms with E-state index in [0.29, 0.717) is 19.5 Å². The average molecular weight is 328 g/mol. The van der Waals surface area contributed by atoms with Crippen LogP contribution >= 0.6 is 0 Å². The lowest BCUT2D eigenvalue weighted by Crippen LogP contribution is -2.38. The van der Waals surface area contributed by atoms with Crippen LogP contribution in [0.1, 0.15) is 59.3 Å². The first-order valence-corrected chi connectivity index (χ1v) is 7.97. The second kappa shape index (κ2) is 11.6. The van der Waals surface area contributed by atoms with Crippen molar-refractivity contribution in [2.75, 3.05) is 19.6 Å². The predicted octanol–water partition coefficient (Wildman–Crippen LogP) is 3.96. The molecule has 0 bridgehead atoms. The van der Waals surface area contributed by atoms with E-state index in [-0.39, 0.29) is 13.0 Å². The molecular weight excluding hydrogens is 300 g/mol. The van der Waals surface area contributed by atoms with Crippen LogP contribution in [0.3, 0.4) is 0 Å². The maximum atomic E-state index is 12.1. The molecule has 0 saturated heterocycles. The van der Waals surface area contributed by atoms with Crippen LogP contribution in [0.5, 0.6) is 0 Å². The quantitative estimate of drug-likeness (QED) is 0.267. The van der Waals surface area contributed by atoms with Crippen LogP contribution in [0, 0.1) is 0 Å². The Hall–Kier alpha value is -1.95. The van der Waals surface area contributed by atoms with E-state index in [1.54, 1.807) is 25.7 Å². The third-order valence-electron chi connectivity index (χ3n) is 3.00. The van der Waals surface area contributed by atoms with Gasteiger partial charge in [-0.1, -0.05) is 24.4 Å². The van der Waals surface area contributed by atoms with Crippen molar-refractivity contribution >= 4 is 12.1 Å². The van der Waals surface area contributed by atoms with Crippen molar-refractivity contribution in [3.8, 4) is 0 Å². The Balaban J connectivity index is 4.13. The van der Waals surface area contributed by atoms with Crippen LogP contribution in [0.4, 0.5) is 4.79 Å². The number of aliphatic carboxylic acids is 1. The first kappa shape index (κ1) is 21.0. The molecule has 0 aromatic carbocycles. The highest BCUT2D eigenvalue weighted by Gasteiger charge is 2.21. The van der Waals surface area contributed by atoms with Gasteiger partial charge < -0.3 is 14.7 Å². The summed E-state index contributed by atoms with van der Waals surface area (Å²) in [6.07, 6.45) is 4.02. The van der Waals surface area contributed by atoms with Crippen molar-refractivity contribution in [2.24, 2.45) is 5.11 Å². The average Bonchev–Trinajstić information content (AvgIpc) is 2.42. The van der Waals surface area contributed by atoms with E-state index >= 15 is 0 Å². The molecule has 0 heterocycles. The molecule has 23 heavy (non-hydrogen) atoms. The minimum Gasteiger partial charge on any atom is -0.481 e. The van der Waals surface area contributed by atoms with Gasteiger partial charge in [0.25, 0.3) is 0 Å². The SMILES string of the molecule is CC(C)(C)OC(=O)N(CCCCCCCC(=O)O)CCN=[N+]=[N-]. The Morgan fingerprint density at radius 3 is 2.30 bits per heavy atom. The van der Waals surface area contributed by atoms with Gasteiger partial charge in [0.1, 0.15) is 5.60 Å². The molecule has 1 N–H and O–H groups in total. The maximum absolute atomic E-state index is 12.1. The fourth-order valence-electron chi connectivity index (χ4n) is 1.94. The third-order valence-corrected chi connectivity index (χ3v) is 3.00. The molecule has 8 heteroatoms. The molecule has 0 saturated carbocycles. The van der Waals surface area contributed by atoms with Gasteiger partial charge in [-0.2, -0.15) is 0 Å². The number of rotatable bonds is 11. The minimum atomic E-state index is -0.765. The molecule has 0 rings (SSSR count). The summed E-state index contributed by atoms with van der Waals surface area (Å²) >= 11 is 0. The smallest absolute Gasteiger partial charge is 0.410 e. The van der Waals surface area contributed by atoms with Gasteiger partial charge in [-0.3, -0.25) is 4.79 Å². The Morgan fingerprint density at radius 2 is 1.74 bits per heavy atom. The first-order chi connectivity index (χ1) is 10.8. The second-order valence-electron chi connectivity index (χ2n) is 6.33. The van der Waals surface area contributed by atoms with Gasteiger partial charge in [0.05, 0.1) is 0 Å². The summed E-state index contributed by atoms with van der Waals surface area (Å²) in [6.45, 7) is 6.50. The summed E-state index contributed by atoms with van der Waals surface area (Å²) in [6, 6.07) is 0.